The van der Waals surface area contributed by atoms with Crippen molar-refractivity contribution < 1.29 is 17.9 Å². The molecule has 3 nitrogen and oxygen atoms in total. The number of hydrogen-bond donors (Lipinski definition) is 2. The third-order valence-corrected chi connectivity index (χ3v) is 2.96. The first-order chi connectivity index (χ1) is 8.87. The molecule has 0 saturated carbocycles. The molecule has 0 spiro atoms. The van der Waals surface area contributed by atoms with Crippen LogP contribution in [0.2, 0.25) is 5.02 Å². The zero-order valence-corrected chi connectivity index (χ0v) is 11.2. The molecule has 1 rings (SSSR count). The fourth-order valence-corrected chi connectivity index (χ4v) is 1.99. The van der Waals surface area contributed by atoms with E-state index < -0.39 is 18.6 Å². The molecule has 1 atom stereocenters. The summed E-state index contributed by atoms with van der Waals surface area (Å²) in [5.41, 5.74) is 3.15. The van der Waals surface area contributed by atoms with Gasteiger partial charge >= 0.3 is 6.18 Å². The Labute approximate surface area is 114 Å². The molecular formula is C12H16ClF3N2O. The van der Waals surface area contributed by atoms with Crippen LogP contribution in [0.25, 0.3) is 0 Å². The second kappa shape index (κ2) is 6.98. The Morgan fingerprint density at radius 2 is 2.11 bits per heavy atom. The summed E-state index contributed by atoms with van der Waals surface area (Å²) >= 11 is 5.88. The fraction of sp³-hybridized carbons (Fsp3) is 0.500. The number of hydrogen-bond acceptors (Lipinski definition) is 3. The number of ether oxygens (including phenoxy) is 1. The van der Waals surface area contributed by atoms with Gasteiger partial charge in [-0.1, -0.05) is 11.6 Å². The highest BCUT2D eigenvalue weighted by atomic mass is 35.5. The summed E-state index contributed by atoms with van der Waals surface area (Å²) in [6.07, 6.45) is -4.77. The maximum Gasteiger partial charge on any atom is 0.389 e. The highest BCUT2D eigenvalue weighted by Crippen LogP contribution is 2.32. The van der Waals surface area contributed by atoms with Gasteiger partial charge in [0.1, 0.15) is 5.75 Å². The fourth-order valence-electron chi connectivity index (χ4n) is 1.81. The van der Waals surface area contributed by atoms with E-state index in [-0.39, 0.29) is 12.8 Å². The van der Waals surface area contributed by atoms with E-state index in [1.54, 1.807) is 18.2 Å². The number of nitrogens with two attached hydrogens (primary N) is 1. The second-order valence-corrected chi connectivity index (χ2v) is 4.55. The number of halogens is 4. The van der Waals surface area contributed by atoms with Crippen molar-refractivity contribution in [3.63, 3.8) is 0 Å². The van der Waals surface area contributed by atoms with Crippen LogP contribution in [0.5, 0.6) is 5.75 Å². The Morgan fingerprint density at radius 1 is 1.42 bits per heavy atom. The van der Waals surface area contributed by atoms with Gasteiger partial charge in [-0.2, -0.15) is 13.2 Å². The lowest BCUT2D eigenvalue weighted by molar-refractivity contribution is -0.135. The summed E-state index contributed by atoms with van der Waals surface area (Å²) < 4.78 is 41.5. The van der Waals surface area contributed by atoms with Gasteiger partial charge in [0.05, 0.1) is 7.11 Å². The zero-order valence-electron chi connectivity index (χ0n) is 10.4. The van der Waals surface area contributed by atoms with Crippen LogP contribution >= 0.6 is 11.6 Å². The van der Waals surface area contributed by atoms with Gasteiger partial charge in [-0.05, 0) is 31.0 Å². The molecule has 3 N–H and O–H groups in total. The number of methoxy groups -OCH3 is 1. The predicted molar refractivity (Wildman–Crippen MR) is 68.0 cm³/mol. The van der Waals surface area contributed by atoms with E-state index in [4.69, 9.17) is 22.2 Å². The van der Waals surface area contributed by atoms with E-state index >= 15 is 0 Å². The van der Waals surface area contributed by atoms with Crippen LogP contribution in [0.3, 0.4) is 0 Å². The van der Waals surface area contributed by atoms with Crippen molar-refractivity contribution in [3.8, 4) is 5.75 Å². The minimum Gasteiger partial charge on any atom is -0.496 e. The second-order valence-electron chi connectivity index (χ2n) is 4.11. The standard InChI is InChI=1S/C12H16ClF3N2O/c1-19-11-5-4-8(13)7-9(11)10(18-17)3-2-6-12(14,15)16/h4-5,7,10,18H,2-3,6,17H2,1H3. The van der Waals surface area contributed by atoms with Crippen molar-refractivity contribution in [2.75, 3.05) is 7.11 Å². The average molecular weight is 297 g/mol. The molecule has 19 heavy (non-hydrogen) atoms. The van der Waals surface area contributed by atoms with Gasteiger partial charge in [-0.25, -0.2) is 0 Å². The van der Waals surface area contributed by atoms with Gasteiger partial charge < -0.3 is 4.74 Å². The summed E-state index contributed by atoms with van der Waals surface area (Å²) in [4.78, 5) is 0. The molecule has 0 amide bonds. The number of hydrazine groups is 1. The first-order valence-corrected chi connectivity index (χ1v) is 6.11. The molecule has 0 aliphatic rings. The normalized spacial score (nSPS) is 13.4. The quantitative estimate of drug-likeness (QED) is 0.623. The van der Waals surface area contributed by atoms with Gasteiger partial charge in [-0.3, -0.25) is 11.3 Å². The van der Waals surface area contributed by atoms with E-state index in [0.29, 0.717) is 16.3 Å². The van der Waals surface area contributed by atoms with E-state index in [2.05, 4.69) is 5.43 Å². The molecule has 1 aromatic rings. The largest absolute Gasteiger partial charge is 0.496 e. The van der Waals surface area contributed by atoms with E-state index in [9.17, 15) is 13.2 Å². The zero-order chi connectivity index (χ0) is 14.5. The van der Waals surface area contributed by atoms with Crippen molar-refractivity contribution in [2.24, 2.45) is 5.84 Å². The van der Waals surface area contributed by atoms with Crippen molar-refractivity contribution >= 4 is 11.6 Å². The van der Waals surface area contributed by atoms with Gasteiger partial charge in [0.25, 0.3) is 0 Å². The van der Waals surface area contributed by atoms with Crippen molar-refractivity contribution in [1.82, 2.24) is 5.43 Å². The summed E-state index contributed by atoms with van der Waals surface area (Å²) in [6.45, 7) is 0. The third-order valence-electron chi connectivity index (χ3n) is 2.72. The molecule has 0 aromatic heterocycles. The lowest BCUT2D eigenvalue weighted by Crippen LogP contribution is -2.28. The molecule has 108 valence electrons. The van der Waals surface area contributed by atoms with E-state index in [0.717, 1.165) is 0 Å². The van der Waals surface area contributed by atoms with Crippen LogP contribution in [0.4, 0.5) is 13.2 Å². The van der Waals surface area contributed by atoms with Crippen molar-refractivity contribution in [1.29, 1.82) is 0 Å². The van der Waals surface area contributed by atoms with Crippen LogP contribution in [-0.2, 0) is 0 Å². The summed E-state index contributed by atoms with van der Waals surface area (Å²) in [5.74, 6) is 5.94. The monoisotopic (exact) mass is 296 g/mol. The Bertz CT molecular complexity index is 412. The van der Waals surface area contributed by atoms with Gasteiger partial charge in [0.15, 0.2) is 0 Å². The number of nitrogens with one attached hydrogen (secondary N) is 1. The van der Waals surface area contributed by atoms with Crippen LogP contribution in [0.1, 0.15) is 30.9 Å². The summed E-state index contributed by atoms with van der Waals surface area (Å²) in [5, 5.41) is 0.479. The Hall–Kier alpha value is -0.980. The molecular weight excluding hydrogens is 281 g/mol. The third kappa shape index (κ3) is 5.26. The number of benzene rings is 1. The topological polar surface area (TPSA) is 47.3 Å². The minimum atomic E-state index is -4.16. The van der Waals surface area contributed by atoms with Crippen LogP contribution in [0.15, 0.2) is 18.2 Å². The molecule has 0 saturated heterocycles. The Kier molecular flexibility index (Phi) is 5.90. The molecule has 1 aromatic carbocycles. The number of rotatable bonds is 6. The van der Waals surface area contributed by atoms with E-state index in [1.165, 1.54) is 7.11 Å². The Morgan fingerprint density at radius 3 is 2.63 bits per heavy atom. The van der Waals surface area contributed by atoms with E-state index in [1.807, 2.05) is 0 Å². The van der Waals surface area contributed by atoms with Gasteiger partial charge in [-0.15, -0.1) is 0 Å². The van der Waals surface area contributed by atoms with Gasteiger partial charge in [0, 0.05) is 23.0 Å². The highest BCUT2D eigenvalue weighted by molar-refractivity contribution is 6.30. The maximum absolute atomic E-state index is 12.1. The summed E-state index contributed by atoms with van der Waals surface area (Å²) in [7, 11) is 1.48. The molecule has 7 heteroatoms. The van der Waals surface area contributed by atoms with Gasteiger partial charge in [0.2, 0.25) is 0 Å². The average Bonchev–Trinajstić information content (AvgIpc) is 2.33. The van der Waals surface area contributed by atoms with Crippen molar-refractivity contribution in [3.05, 3.63) is 28.8 Å². The van der Waals surface area contributed by atoms with Crippen LogP contribution in [-0.4, -0.2) is 13.3 Å². The predicted octanol–water partition coefficient (Wildman–Crippen LogP) is 3.59. The van der Waals surface area contributed by atoms with Crippen molar-refractivity contribution in [2.45, 2.75) is 31.5 Å². The van der Waals surface area contributed by atoms with Crippen LogP contribution in [0, 0.1) is 0 Å². The molecule has 1 unspecified atom stereocenters. The first-order valence-electron chi connectivity index (χ1n) is 5.73. The number of alkyl halides is 3. The maximum atomic E-state index is 12.1. The van der Waals surface area contributed by atoms with Crippen LogP contribution < -0.4 is 16.0 Å². The molecule has 0 bridgehead atoms. The SMILES string of the molecule is COc1ccc(Cl)cc1C(CCCC(F)(F)F)NN. The molecule has 0 aliphatic carbocycles. The molecule has 0 heterocycles. The Balaban J connectivity index is 2.76. The first kappa shape index (κ1) is 16.1. The minimum absolute atomic E-state index is 0.0198. The summed E-state index contributed by atoms with van der Waals surface area (Å²) in [6, 6.07) is 4.51. The lowest BCUT2D eigenvalue weighted by atomic mass is 10.0. The lowest BCUT2D eigenvalue weighted by Gasteiger charge is -2.19. The molecule has 0 fully saturated rings. The highest BCUT2D eigenvalue weighted by Gasteiger charge is 2.27. The molecule has 0 radical (unpaired) electrons. The smallest absolute Gasteiger partial charge is 0.389 e. The molecule has 0 aliphatic heterocycles.